The number of hydrogen-bond donors (Lipinski definition) is 1. The molecule has 1 aromatic heterocycles. The van der Waals surface area contributed by atoms with Gasteiger partial charge in [-0.05, 0) is 18.1 Å². The molecule has 1 atom stereocenters. The lowest BCUT2D eigenvalue weighted by molar-refractivity contribution is 0.831. The number of halogens is 1. The molecule has 0 amide bonds. The highest BCUT2D eigenvalue weighted by atomic mass is 35.5. The summed E-state index contributed by atoms with van der Waals surface area (Å²) in [5, 5.41) is 10.8. The Balaban J connectivity index is 1.95. The predicted molar refractivity (Wildman–Crippen MR) is 87.6 cm³/mol. The normalized spacial score (nSPS) is 12.3. The van der Waals surface area contributed by atoms with Crippen LogP contribution in [0.1, 0.15) is 22.2 Å². The summed E-state index contributed by atoms with van der Waals surface area (Å²) in [7, 11) is 0. The third kappa shape index (κ3) is 2.83. The molecule has 0 radical (unpaired) electrons. The maximum Gasteiger partial charge on any atom is 0.149 e. The zero-order chi connectivity index (χ0) is 14.8. The van der Waals surface area contributed by atoms with Gasteiger partial charge in [-0.15, -0.1) is 10.2 Å². The number of aromatic nitrogens is 2. The number of nitrogens with two attached hydrogens (primary N) is 1. The zero-order valence-corrected chi connectivity index (χ0v) is 13.0. The Hall–Kier alpha value is -1.75. The summed E-state index contributed by atoms with van der Waals surface area (Å²) >= 11 is 7.82. The fraction of sp³-hybridized carbons (Fsp3) is 0.125. The molecule has 0 saturated carbocycles. The Morgan fingerprint density at radius 2 is 1.81 bits per heavy atom. The van der Waals surface area contributed by atoms with E-state index in [2.05, 4.69) is 10.2 Å². The Morgan fingerprint density at radius 1 is 1.05 bits per heavy atom. The maximum atomic E-state index is 6.34. The van der Waals surface area contributed by atoms with Crippen LogP contribution in [0.3, 0.4) is 0 Å². The molecule has 0 fully saturated rings. The van der Waals surface area contributed by atoms with Crippen molar-refractivity contribution in [2.24, 2.45) is 5.73 Å². The predicted octanol–water partition coefficient (Wildman–Crippen LogP) is 4.22. The van der Waals surface area contributed by atoms with Gasteiger partial charge in [0.05, 0.1) is 11.1 Å². The molecule has 3 nitrogen and oxygen atoms in total. The van der Waals surface area contributed by atoms with E-state index in [4.69, 9.17) is 17.3 Å². The van der Waals surface area contributed by atoms with Gasteiger partial charge in [-0.3, -0.25) is 0 Å². The third-order valence-electron chi connectivity index (χ3n) is 3.29. The molecule has 0 bridgehead atoms. The van der Waals surface area contributed by atoms with Crippen molar-refractivity contribution in [3.63, 3.8) is 0 Å². The van der Waals surface area contributed by atoms with Gasteiger partial charge >= 0.3 is 0 Å². The van der Waals surface area contributed by atoms with Crippen LogP contribution in [0.25, 0.3) is 10.6 Å². The Labute approximate surface area is 132 Å². The van der Waals surface area contributed by atoms with Crippen molar-refractivity contribution in [2.75, 3.05) is 0 Å². The van der Waals surface area contributed by atoms with Crippen LogP contribution in [-0.2, 0) is 0 Å². The van der Waals surface area contributed by atoms with E-state index < -0.39 is 0 Å². The third-order valence-corrected chi connectivity index (χ3v) is 4.83. The first kappa shape index (κ1) is 14.2. The lowest BCUT2D eigenvalue weighted by Crippen LogP contribution is -2.11. The summed E-state index contributed by atoms with van der Waals surface area (Å²) in [6.45, 7) is 1.98. The van der Waals surface area contributed by atoms with Gasteiger partial charge in [0.25, 0.3) is 0 Å². The summed E-state index contributed by atoms with van der Waals surface area (Å²) in [5.74, 6) is 0. The molecule has 1 heterocycles. The summed E-state index contributed by atoms with van der Waals surface area (Å²) in [4.78, 5) is 0. The van der Waals surface area contributed by atoms with Crippen molar-refractivity contribution in [3.05, 3.63) is 69.7 Å². The highest BCUT2D eigenvalue weighted by Crippen LogP contribution is 2.34. The molecule has 5 heteroatoms. The largest absolute Gasteiger partial charge is 0.318 e. The standard InChI is InChI=1S/C16H14ClN3S/c1-10-6-5-9-12(13(10)17)15-19-20-16(21-15)14(18)11-7-3-2-4-8-11/h2-9,14H,18H2,1H3. The van der Waals surface area contributed by atoms with E-state index in [1.165, 1.54) is 11.3 Å². The molecule has 0 aliphatic rings. The number of rotatable bonds is 3. The van der Waals surface area contributed by atoms with Gasteiger partial charge in [0.1, 0.15) is 10.0 Å². The molecule has 3 aromatic rings. The molecule has 0 spiro atoms. The van der Waals surface area contributed by atoms with Crippen molar-refractivity contribution in [1.82, 2.24) is 10.2 Å². The van der Waals surface area contributed by atoms with E-state index >= 15 is 0 Å². The highest BCUT2D eigenvalue weighted by Gasteiger charge is 2.16. The van der Waals surface area contributed by atoms with E-state index in [1.807, 2.05) is 55.5 Å². The average Bonchev–Trinajstić information content (AvgIpc) is 3.00. The topological polar surface area (TPSA) is 51.8 Å². The molecule has 2 aromatic carbocycles. The molecule has 3 rings (SSSR count). The van der Waals surface area contributed by atoms with Crippen LogP contribution >= 0.6 is 22.9 Å². The van der Waals surface area contributed by atoms with Crippen LogP contribution in [0.15, 0.2) is 48.5 Å². The van der Waals surface area contributed by atoms with Gasteiger partial charge in [-0.1, -0.05) is 71.5 Å². The van der Waals surface area contributed by atoms with E-state index in [0.717, 1.165) is 26.7 Å². The van der Waals surface area contributed by atoms with Gasteiger partial charge in [-0.25, -0.2) is 0 Å². The van der Waals surface area contributed by atoms with Crippen molar-refractivity contribution >= 4 is 22.9 Å². The van der Waals surface area contributed by atoms with Gasteiger partial charge in [0.2, 0.25) is 0 Å². The molecule has 21 heavy (non-hydrogen) atoms. The summed E-state index contributed by atoms with van der Waals surface area (Å²) in [6, 6.07) is 15.5. The molecule has 0 aliphatic carbocycles. The van der Waals surface area contributed by atoms with Crippen LogP contribution in [0.5, 0.6) is 0 Å². The van der Waals surface area contributed by atoms with Crippen molar-refractivity contribution in [3.8, 4) is 10.6 Å². The van der Waals surface area contributed by atoms with Crippen LogP contribution in [0.2, 0.25) is 5.02 Å². The second-order valence-electron chi connectivity index (χ2n) is 4.77. The minimum absolute atomic E-state index is 0.263. The highest BCUT2D eigenvalue weighted by molar-refractivity contribution is 7.14. The van der Waals surface area contributed by atoms with Gasteiger partial charge < -0.3 is 5.73 Å². The molecule has 2 N–H and O–H groups in total. The van der Waals surface area contributed by atoms with Crippen molar-refractivity contribution < 1.29 is 0 Å². The van der Waals surface area contributed by atoms with E-state index in [0.29, 0.717) is 5.02 Å². The average molecular weight is 316 g/mol. The lowest BCUT2D eigenvalue weighted by atomic mass is 10.1. The molecule has 1 unspecified atom stereocenters. The van der Waals surface area contributed by atoms with E-state index in [-0.39, 0.29) is 6.04 Å². The Kier molecular flexibility index (Phi) is 4.01. The number of benzene rings is 2. The summed E-state index contributed by atoms with van der Waals surface area (Å²) < 4.78 is 0. The molecular weight excluding hydrogens is 302 g/mol. The first-order valence-corrected chi connectivity index (χ1v) is 7.75. The fourth-order valence-electron chi connectivity index (χ4n) is 2.08. The summed E-state index contributed by atoms with van der Waals surface area (Å²) in [6.07, 6.45) is 0. The fourth-order valence-corrected chi connectivity index (χ4v) is 3.26. The lowest BCUT2D eigenvalue weighted by Gasteiger charge is -2.07. The van der Waals surface area contributed by atoms with Crippen LogP contribution in [-0.4, -0.2) is 10.2 Å². The SMILES string of the molecule is Cc1cccc(-c2nnc(C(N)c3ccccc3)s2)c1Cl. The molecule has 0 aliphatic heterocycles. The number of hydrogen-bond acceptors (Lipinski definition) is 4. The Morgan fingerprint density at radius 3 is 2.57 bits per heavy atom. The van der Waals surface area contributed by atoms with Crippen molar-refractivity contribution in [2.45, 2.75) is 13.0 Å². The minimum atomic E-state index is -0.263. The Bertz CT molecular complexity index is 755. The first-order valence-electron chi connectivity index (χ1n) is 6.56. The van der Waals surface area contributed by atoms with Crippen molar-refractivity contribution in [1.29, 1.82) is 0 Å². The number of nitrogens with zero attached hydrogens (tertiary/aromatic N) is 2. The monoisotopic (exact) mass is 315 g/mol. The first-order chi connectivity index (χ1) is 10.2. The minimum Gasteiger partial charge on any atom is -0.318 e. The van der Waals surface area contributed by atoms with Crippen LogP contribution in [0.4, 0.5) is 0 Å². The smallest absolute Gasteiger partial charge is 0.149 e. The maximum absolute atomic E-state index is 6.34. The van der Waals surface area contributed by atoms with Crippen LogP contribution in [0, 0.1) is 6.92 Å². The van der Waals surface area contributed by atoms with Crippen LogP contribution < -0.4 is 5.73 Å². The van der Waals surface area contributed by atoms with E-state index in [9.17, 15) is 0 Å². The van der Waals surface area contributed by atoms with Gasteiger partial charge in [0.15, 0.2) is 0 Å². The molecule has 0 saturated heterocycles. The van der Waals surface area contributed by atoms with Gasteiger partial charge in [-0.2, -0.15) is 0 Å². The van der Waals surface area contributed by atoms with Gasteiger partial charge in [0, 0.05) is 5.56 Å². The second-order valence-corrected chi connectivity index (χ2v) is 6.16. The molecular formula is C16H14ClN3S. The second kappa shape index (κ2) is 5.93. The quantitative estimate of drug-likeness (QED) is 0.787. The molecule has 106 valence electrons. The van der Waals surface area contributed by atoms with E-state index in [1.54, 1.807) is 0 Å². The number of aryl methyl sites for hydroxylation is 1. The zero-order valence-electron chi connectivity index (χ0n) is 11.5. The summed E-state index contributed by atoms with van der Waals surface area (Å²) in [5.41, 5.74) is 9.20.